The van der Waals surface area contributed by atoms with E-state index in [2.05, 4.69) is 0 Å². The molecule has 0 aromatic heterocycles. The van der Waals surface area contributed by atoms with Crippen molar-refractivity contribution in [2.45, 2.75) is 12.5 Å². The maximum absolute atomic E-state index is 12.5. The number of nitrogens with zero attached hydrogens (tertiary/aromatic N) is 1. The second-order valence-electron chi connectivity index (χ2n) is 5.60. The average Bonchev–Trinajstić information content (AvgIpc) is 2.56. The Balaban J connectivity index is 1.65. The first-order valence-electron chi connectivity index (χ1n) is 7.54. The van der Waals surface area contributed by atoms with E-state index in [0.717, 1.165) is 11.1 Å². The number of benzene rings is 2. The Bertz CT molecular complexity index is 687. The molecule has 1 N–H and O–H groups in total. The molecule has 1 saturated heterocycles. The fourth-order valence-corrected chi connectivity index (χ4v) is 2.83. The van der Waals surface area contributed by atoms with Crippen LogP contribution in [-0.4, -0.2) is 35.6 Å². The Labute approximate surface area is 140 Å². The van der Waals surface area contributed by atoms with Crippen molar-refractivity contribution in [2.75, 3.05) is 19.7 Å². The lowest BCUT2D eigenvalue weighted by molar-refractivity contribution is -0.138. The minimum Gasteiger partial charge on any atom is -0.508 e. The van der Waals surface area contributed by atoms with Gasteiger partial charge in [-0.25, -0.2) is 0 Å². The Kier molecular flexibility index (Phi) is 4.84. The van der Waals surface area contributed by atoms with E-state index in [1.54, 1.807) is 18.2 Å². The summed E-state index contributed by atoms with van der Waals surface area (Å²) in [6, 6.07) is 14.3. The summed E-state index contributed by atoms with van der Waals surface area (Å²) >= 11 is 5.91. The van der Waals surface area contributed by atoms with Crippen molar-refractivity contribution in [1.82, 2.24) is 4.90 Å². The van der Waals surface area contributed by atoms with Crippen LogP contribution in [0.15, 0.2) is 48.5 Å². The predicted octanol–water partition coefficient (Wildman–Crippen LogP) is 3.19. The molecule has 1 heterocycles. The summed E-state index contributed by atoms with van der Waals surface area (Å²) in [5.74, 6) is 0.217. The molecule has 0 aliphatic carbocycles. The Morgan fingerprint density at radius 3 is 2.78 bits per heavy atom. The molecule has 4 nitrogen and oxygen atoms in total. The van der Waals surface area contributed by atoms with Gasteiger partial charge in [0.25, 0.3) is 0 Å². The van der Waals surface area contributed by atoms with E-state index in [1.165, 1.54) is 0 Å². The fourth-order valence-electron chi connectivity index (χ4n) is 2.71. The topological polar surface area (TPSA) is 49.8 Å². The summed E-state index contributed by atoms with van der Waals surface area (Å²) in [6.45, 7) is 1.63. The molecular weight excluding hydrogens is 314 g/mol. The second-order valence-corrected chi connectivity index (χ2v) is 6.03. The largest absolute Gasteiger partial charge is 0.508 e. The van der Waals surface area contributed by atoms with Gasteiger partial charge in [-0.15, -0.1) is 0 Å². The quantitative estimate of drug-likeness (QED) is 0.939. The molecule has 1 aliphatic heterocycles. The minimum absolute atomic E-state index is 0.0397. The van der Waals surface area contributed by atoms with E-state index in [-0.39, 0.29) is 24.2 Å². The number of rotatable bonds is 3. The highest BCUT2D eigenvalue weighted by Crippen LogP contribution is 2.24. The van der Waals surface area contributed by atoms with Gasteiger partial charge in [0.15, 0.2) is 0 Å². The van der Waals surface area contributed by atoms with Crippen molar-refractivity contribution >= 4 is 17.5 Å². The minimum atomic E-state index is -0.130. The van der Waals surface area contributed by atoms with E-state index >= 15 is 0 Å². The lowest BCUT2D eigenvalue weighted by Gasteiger charge is -2.33. The average molecular weight is 332 g/mol. The van der Waals surface area contributed by atoms with Gasteiger partial charge in [-0.05, 0) is 35.4 Å². The van der Waals surface area contributed by atoms with E-state index in [1.807, 2.05) is 35.2 Å². The van der Waals surface area contributed by atoms with Crippen LogP contribution in [0.5, 0.6) is 5.75 Å². The number of carbonyl (C=O) groups is 1. The van der Waals surface area contributed by atoms with Gasteiger partial charge in [0.2, 0.25) is 5.91 Å². The number of ether oxygens (including phenoxy) is 1. The summed E-state index contributed by atoms with van der Waals surface area (Å²) in [6.07, 6.45) is 0.149. The summed E-state index contributed by atoms with van der Waals surface area (Å²) < 4.78 is 5.78. The molecule has 0 bridgehead atoms. The van der Waals surface area contributed by atoms with Crippen molar-refractivity contribution < 1.29 is 14.6 Å². The molecule has 1 amide bonds. The predicted molar refractivity (Wildman–Crippen MR) is 88.5 cm³/mol. The van der Waals surface area contributed by atoms with Crippen LogP contribution < -0.4 is 0 Å². The highest BCUT2D eigenvalue weighted by Gasteiger charge is 2.25. The lowest BCUT2D eigenvalue weighted by atomic mass is 10.1. The summed E-state index contributed by atoms with van der Waals surface area (Å²) in [4.78, 5) is 14.3. The number of halogens is 1. The number of aromatic hydroxyl groups is 1. The van der Waals surface area contributed by atoms with E-state index < -0.39 is 0 Å². The fraction of sp³-hybridized carbons (Fsp3) is 0.278. The van der Waals surface area contributed by atoms with Gasteiger partial charge >= 0.3 is 0 Å². The van der Waals surface area contributed by atoms with Crippen molar-refractivity contribution in [3.05, 3.63) is 64.7 Å². The molecule has 1 aliphatic rings. The summed E-state index contributed by atoms with van der Waals surface area (Å²) in [5, 5.41) is 10.2. The van der Waals surface area contributed by atoms with Gasteiger partial charge in [0.05, 0.1) is 19.6 Å². The molecule has 120 valence electrons. The highest BCUT2D eigenvalue weighted by molar-refractivity contribution is 6.30. The lowest BCUT2D eigenvalue weighted by Crippen LogP contribution is -2.42. The molecule has 1 unspecified atom stereocenters. The van der Waals surface area contributed by atoms with Gasteiger partial charge in [-0.2, -0.15) is 0 Å². The van der Waals surface area contributed by atoms with Crippen molar-refractivity contribution in [3.8, 4) is 5.75 Å². The number of carbonyl (C=O) groups excluding carboxylic acids is 1. The molecule has 2 aromatic rings. The Morgan fingerprint density at radius 1 is 1.26 bits per heavy atom. The van der Waals surface area contributed by atoms with E-state index in [9.17, 15) is 9.90 Å². The smallest absolute Gasteiger partial charge is 0.227 e. The van der Waals surface area contributed by atoms with Crippen LogP contribution in [0.1, 0.15) is 17.2 Å². The van der Waals surface area contributed by atoms with Crippen molar-refractivity contribution in [1.29, 1.82) is 0 Å². The first kappa shape index (κ1) is 15.8. The third-order valence-electron chi connectivity index (χ3n) is 3.93. The van der Waals surface area contributed by atoms with Gasteiger partial charge in [0.1, 0.15) is 11.9 Å². The van der Waals surface area contributed by atoms with Gasteiger partial charge in [-0.3, -0.25) is 4.79 Å². The van der Waals surface area contributed by atoms with Crippen LogP contribution in [0.4, 0.5) is 0 Å². The van der Waals surface area contributed by atoms with Crippen LogP contribution in [0, 0.1) is 0 Å². The molecule has 1 atom stereocenters. The first-order chi connectivity index (χ1) is 11.1. The number of amides is 1. The highest BCUT2D eigenvalue weighted by atomic mass is 35.5. The van der Waals surface area contributed by atoms with E-state index in [4.69, 9.17) is 16.3 Å². The molecule has 2 aromatic carbocycles. The van der Waals surface area contributed by atoms with E-state index in [0.29, 0.717) is 24.7 Å². The number of morpholine rings is 1. The SMILES string of the molecule is O=C(Cc1cccc(O)c1)N1CCOC(c2ccc(Cl)cc2)C1. The van der Waals surface area contributed by atoms with Crippen LogP contribution in [-0.2, 0) is 16.0 Å². The van der Waals surface area contributed by atoms with Crippen LogP contribution >= 0.6 is 11.6 Å². The third kappa shape index (κ3) is 4.03. The maximum Gasteiger partial charge on any atom is 0.227 e. The number of hydrogen-bond donors (Lipinski definition) is 1. The standard InChI is InChI=1S/C18H18ClNO3/c19-15-6-4-14(5-7-15)17-12-20(8-9-23-17)18(22)11-13-2-1-3-16(21)10-13/h1-7,10,17,21H,8-9,11-12H2. The van der Waals surface area contributed by atoms with Gasteiger partial charge in [-0.1, -0.05) is 35.9 Å². The molecule has 23 heavy (non-hydrogen) atoms. The van der Waals surface area contributed by atoms with Crippen LogP contribution in [0.25, 0.3) is 0 Å². The molecule has 3 rings (SSSR count). The maximum atomic E-state index is 12.5. The molecule has 5 heteroatoms. The first-order valence-corrected chi connectivity index (χ1v) is 7.92. The third-order valence-corrected chi connectivity index (χ3v) is 4.18. The number of phenolic OH excluding ortho intramolecular Hbond substituents is 1. The van der Waals surface area contributed by atoms with Crippen LogP contribution in [0.3, 0.4) is 0 Å². The molecular formula is C18H18ClNO3. The number of hydrogen-bond acceptors (Lipinski definition) is 3. The molecule has 1 fully saturated rings. The normalized spacial score (nSPS) is 18.0. The molecule has 0 spiro atoms. The van der Waals surface area contributed by atoms with Crippen LogP contribution in [0.2, 0.25) is 5.02 Å². The van der Waals surface area contributed by atoms with Gasteiger partial charge in [0, 0.05) is 11.6 Å². The monoisotopic (exact) mass is 331 g/mol. The van der Waals surface area contributed by atoms with Gasteiger partial charge < -0.3 is 14.7 Å². The van der Waals surface area contributed by atoms with Crippen molar-refractivity contribution in [2.24, 2.45) is 0 Å². The summed E-state index contributed by atoms with van der Waals surface area (Å²) in [7, 11) is 0. The molecule has 0 radical (unpaired) electrons. The zero-order chi connectivity index (χ0) is 16.2. The zero-order valence-electron chi connectivity index (χ0n) is 12.6. The number of phenols is 1. The Hall–Kier alpha value is -2.04. The summed E-state index contributed by atoms with van der Waals surface area (Å²) in [5.41, 5.74) is 1.83. The second kappa shape index (κ2) is 7.02. The zero-order valence-corrected chi connectivity index (χ0v) is 13.4. The Morgan fingerprint density at radius 2 is 2.04 bits per heavy atom. The molecule has 0 saturated carbocycles. The van der Waals surface area contributed by atoms with Crippen molar-refractivity contribution in [3.63, 3.8) is 0 Å².